The smallest absolute Gasteiger partial charge is 0.252 e. The average Bonchev–Trinajstić information content (AvgIpc) is 2.99. The summed E-state index contributed by atoms with van der Waals surface area (Å²) in [6, 6.07) is 18.5. The Morgan fingerprint density at radius 2 is 1.93 bits per heavy atom. The van der Waals surface area contributed by atoms with E-state index in [9.17, 15) is 4.79 Å². The molecule has 4 heteroatoms. The summed E-state index contributed by atoms with van der Waals surface area (Å²) in [5.41, 5.74) is 4.55. The van der Waals surface area contributed by atoms with Crippen molar-refractivity contribution in [3.05, 3.63) is 88.7 Å². The fraction of sp³-hybridized carbons (Fsp3) is 0.167. The van der Waals surface area contributed by atoms with Crippen molar-refractivity contribution < 1.29 is 4.79 Å². The van der Waals surface area contributed by atoms with Crippen LogP contribution in [0.5, 0.6) is 0 Å². The number of thiazole rings is 1. The van der Waals surface area contributed by atoms with Gasteiger partial charge in [-0.3, -0.25) is 4.79 Å². The molecule has 0 unspecified atom stereocenters. The van der Waals surface area contributed by atoms with Crippen LogP contribution in [0.2, 0.25) is 0 Å². The van der Waals surface area contributed by atoms with Crippen molar-refractivity contribution in [2.24, 2.45) is 4.99 Å². The van der Waals surface area contributed by atoms with Crippen molar-refractivity contribution in [1.29, 1.82) is 0 Å². The number of allylic oxidation sites excluding steroid dienone is 1. The topological polar surface area (TPSA) is 34.4 Å². The van der Waals surface area contributed by atoms with E-state index in [1.165, 1.54) is 11.1 Å². The molecular formula is C24H22N2OS. The quantitative estimate of drug-likeness (QED) is 0.437. The molecule has 1 amide bonds. The molecule has 0 aliphatic rings. The van der Waals surface area contributed by atoms with Crippen LogP contribution in [0.25, 0.3) is 21.0 Å². The van der Waals surface area contributed by atoms with Crippen molar-refractivity contribution in [3.8, 4) is 0 Å². The van der Waals surface area contributed by atoms with Gasteiger partial charge in [0.1, 0.15) is 0 Å². The summed E-state index contributed by atoms with van der Waals surface area (Å²) in [6.07, 6.45) is 2.14. The van der Waals surface area contributed by atoms with Crippen molar-refractivity contribution in [3.63, 3.8) is 0 Å². The maximum atomic E-state index is 12.8. The summed E-state index contributed by atoms with van der Waals surface area (Å²) >= 11 is 1.56. The third-order valence-electron chi connectivity index (χ3n) is 4.87. The highest BCUT2D eigenvalue weighted by atomic mass is 32.1. The van der Waals surface area contributed by atoms with E-state index in [0.717, 1.165) is 31.4 Å². The van der Waals surface area contributed by atoms with Gasteiger partial charge in [0.2, 0.25) is 0 Å². The minimum absolute atomic E-state index is 0.130. The van der Waals surface area contributed by atoms with Gasteiger partial charge in [0.05, 0.1) is 16.6 Å². The molecule has 0 spiro atoms. The first-order valence-electron chi connectivity index (χ1n) is 9.32. The van der Waals surface area contributed by atoms with Gasteiger partial charge >= 0.3 is 0 Å². The fourth-order valence-electron chi connectivity index (χ4n) is 3.73. The maximum absolute atomic E-state index is 12.8. The van der Waals surface area contributed by atoms with E-state index in [4.69, 9.17) is 0 Å². The molecule has 0 fully saturated rings. The second kappa shape index (κ2) is 7.56. The van der Waals surface area contributed by atoms with E-state index in [1.807, 2.05) is 30.3 Å². The van der Waals surface area contributed by atoms with E-state index < -0.39 is 0 Å². The molecular weight excluding hydrogens is 364 g/mol. The lowest BCUT2D eigenvalue weighted by atomic mass is 10.0. The minimum atomic E-state index is -0.130. The molecule has 0 aliphatic heterocycles. The van der Waals surface area contributed by atoms with Crippen molar-refractivity contribution in [2.75, 3.05) is 0 Å². The molecule has 0 bridgehead atoms. The number of rotatable bonds is 4. The van der Waals surface area contributed by atoms with E-state index in [2.05, 4.69) is 60.3 Å². The lowest BCUT2D eigenvalue weighted by molar-refractivity contribution is -0.117. The van der Waals surface area contributed by atoms with Crippen LogP contribution in [0.4, 0.5) is 0 Å². The third-order valence-corrected chi connectivity index (χ3v) is 5.89. The van der Waals surface area contributed by atoms with Crippen LogP contribution < -0.4 is 4.80 Å². The molecule has 0 radical (unpaired) electrons. The molecule has 0 aliphatic carbocycles. The highest BCUT2D eigenvalue weighted by Gasteiger charge is 2.11. The Kier molecular flexibility index (Phi) is 4.97. The fourth-order valence-corrected chi connectivity index (χ4v) is 4.96. The molecule has 0 N–H and O–H groups in total. The highest BCUT2D eigenvalue weighted by Crippen LogP contribution is 2.23. The van der Waals surface area contributed by atoms with Crippen molar-refractivity contribution in [2.45, 2.75) is 26.8 Å². The molecule has 1 aromatic heterocycles. The van der Waals surface area contributed by atoms with Gasteiger partial charge in [0.15, 0.2) is 4.80 Å². The van der Waals surface area contributed by atoms with Gasteiger partial charge in [-0.1, -0.05) is 65.9 Å². The summed E-state index contributed by atoms with van der Waals surface area (Å²) < 4.78 is 3.24. The Labute approximate surface area is 168 Å². The van der Waals surface area contributed by atoms with Crippen molar-refractivity contribution in [1.82, 2.24) is 4.57 Å². The van der Waals surface area contributed by atoms with E-state index in [-0.39, 0.29) is 5.91 Å². The van der Waals surface area contributed by atoms with Gasteiger partial charge in [0.25, 0.3) is 5.91 Å². The number of aryl methyl sites for hydroxylation is 2. The summed E-state index contributed by atoms with van der Waals surface area (Å²) in [5.74, 6) is -0.130. The monoisotopic (exact) mass is 386 g/mol. The standard InChI is InChI=1S/C24H22N2OS/c1-4-12-26-23-17(3)13-16(2)14-21(23)28-24(26)25-22(27)15-19-10-7-9-18-8-5-6-11-20(18)19/h4-11,13-14H,1,12,15H2,2-3H3. The number of benzene rings is 3. The molecule has 0 saturated carbocycles. The van der Waals surface area contributed by atoms with E-state index in [1.54, 1.807) is 11.3 Å². The molecule has 3 aromatic carbocycles. The van der Waals surface area contributed by atoms with Gasteiger partial charge in [0, 0.05) is 6.54 Å². The molecule has 28 heavy (non-hydrogen) atoms. The summed E-state index contributed by atoms with van der Waals surface area (Å²) in [5, 5.41) is 2.25. The maximum Gasteiger partial charge on any atom is 0.252 e. The zero-order valence-electron chi connectivity index (χ0n) is 16.1. The number of hydrogen-bond acceptors (Lipinski definition) is 2. The SMILES string of the molecule is C=CCn1c(=NC(=O)Cc2cccc3ccccc23)sc2cc(C)cc(C)c21. The number of hydrogen-bond donors (Lipinski definition) is 0. The molecule has 0 atom stereocenters. The van der Waals surface area contributed by atoms with Crippen LogP contribution in [0.1, 0.15) is 16.7 Å². The first-order valence-corrected chi connectivity index (χ1v) is 10.1. The summed E-state index contributed by atoms with van der Waals surface area (Å²) in [6.45, 7) is 8.69. The second-order valence-electron chi connectivity index (χ2n) is 7.03. The minimum Gasteiger partial charge on any atom is -0.312 e. The number of fused-ring (bicyclic) bond motifs is 2. The predicted molar refractivity (Wildman–Crippen MR) is 118 cm³/mol. The van der Waals surface area contributed by atoms with E-state index in [0.29, 0.717) is 13.0 Å². The van der Waals surface area contributed by atoms with Gasteiger partial charge in [-0.15, -0.1) is 6.58 Å². The average molecular weight is 387 g/mol. The Bertz CT molecular complexity index is 1270. The zero-order chi connectivity index (χ0) is 19.7. The normalized spacial score (nSPS) is 12.0. The number of nitrogens with zero attached hydrogens (tertiary/aromatic N) is 2. The molecule has 4 rings (SSSR count). The first kappa shape index (κ1) is 18.4. The molecule has 1 heterocycles. The van der Waals surface area contributed by atoms with Crippen LogP contribution in [-0.2, 0) is 17.8 Å². The highest BCUT2D eigenvalue weighted by molar-refractivity contribution is 7.16. The van der Waals surface area contributed by atoms with Gasteiger partial charge in [-0.2, -0.15) is 4.99 Å². The van der Waals surface area contributed by atoms with Crippen LogP contribution in [0.15, 0.2) is 72.2 Å². The summed E-state index contributed by atoms with van der Waals surface area (Å²) in [4.78, 5) is 18.0. The Morgan fingerprint density at radius 3 is 2.75 bits per heavy atom. The molecule has 4 aromatic rings. The first-order chi connectivity index (χ1) is 13.6. The van der Waals surface area contributed by atoms with E-state index >= 15 is 0 Å². The lowest BCUT2D eigenvalue weighted by Gasteiger charge is -2.05. The number of amides is 1. The van der Waals surface area contributed by atoms with Crippen LogP contribution in [0, 0.1) is 13.8 Å². The molecule has 0 saturated heterocycles. The van der Waals surface area contributed by atoms with Gasteiger partial charge < -0.3 is 4.57 Å². The van der Waals surface area contributed by atoms with Crippen LogP contribution >= 0.6 is 11.3 Å². The zero-order valence-corrected chi connectivity index (χ0v) is 16.9. The Balaban J connectivity index is 1.78. The largest absolute Gasteiger partial charge is 0.312 e. The summed E-state index contributed by atoms with van der Waals surface area (Å²) in [7, 11) is 0. The van der Waals surface area contributed by atoms with Crippen molar-refractivity contribution >= 4 is 38.2 Å². The predicted octanol–water partition coefficient (Wildman–Crippen LogP) is 5.33. The number of aromatic nitrogens is 1. The Hall–Kier alpha value is -2.98. The molecule has 3 nitrogen and oxygen atoms in total. The van der Waals surface area contributed by atoms with Gasteiger partial charge in [-0.05, 0) is 47.4 Å². The van der Waals surface area contributed by atoms with Gasteiger partial charge in [-0.25, -0.2) is 0 Å². The molecule has 140 valence electrons. The number of carbonyl (C=O) groups is 1. The Morgan fingerprint density at radius 1 is 1.14 bits per heavy atom. The number of carbonyl (C=O) groups excluding carboxylic acids is 1. The van der Waals surface area contributed by atoms with Crippen LogP contribution in [-0.4, -0.2) is 10.5 Å². The third kappa shape index (κ3) is 3.43. The second-order valence-corrected chi connectivity index (χ2v) is 8.04. The van der Waals surface area contributed by atoms with Crippen LogP contribution in [0.3, 0.4) is 0 Å². The lowest BCUT2D eigenvalue weighted by Crippen LogP contribution is -2.17.